The Labute approximate surface area is 96.9 Å². The Kier molecular flexibility index (Phi) is 2.20. The fourth-order valence-corrected chi connectivity index (χ4v) is 3.34. The number of piperidine rings is 1. The van der Waals surface area contributed by atoms with Crippen LogP contribution >= 0.6 is 0 Å². The third-order valence-corrected chi connectivity index (χ3v) is 4.45. The van der Waals surface area contributed by atoms with Crippen LogP contribution in [0.1, 0.15) is 24.0 Å². The standard InChI is InChI=1S/C14H17NO/c1-15-8-6-14(7-9-15)12-5-3-2-4-11(12)10-13(14)16/h3,5,13,16H,6-10H2,1H3/p+1/t13-/m1/s1. The molecule has 2 nitrogen and oxygen atoms in total. The molecule has 0 radical (unpaired) electrons. The minimum atomic E-state index is -0.206. The Morgan fingerprint density at radius 2 is 2.19 bits per heavy atom. The molecule has 84 valence electrons. The molecule has 1 spiro atoms. The second-order valence-corrected chi connectivity index (χ2v) is 5.33. The lowest BCUT2D eigenvalue weighted by Gasteiger charge is -2.38. The van der Waals surface area contributed by atoms with Gasteiger partial charge in [0.25, 0.3) is 0 Å². The summed E-state index contributed by atoms with van der Waals surface area (Å²) in [5, 5.41) is 10.4. The maximum absolute atomic E-state index is 10.4. The summed E-state index contributed by atoms with van der Waals surface area (Å²) in [6, 6.07) is 10.2. The van der Waals surface area contributed by atoms with E-state index in [1.165, 1.54) is 11.1 Å². The summed E-state index contributed by atoms with van der Waals surface area (Å²) >= 11 is 0. The van der Waals surface area contributed by atoms with Crippen LogP contribution in [0.25, 0.3) is 0 Å². The lowest BCUT2D eigenvalue weighted by Crippen LogP contribution is -3.10. The maximum Gasteiger partial charge on any atom is 0.0778 e. The van der Waals surface area contributed by atoms with E-state index in [1.807, 2.05) is 6.07 Å². The highest BCUT2D eigenvalue weighted by molar-refractivity contribution is 5.39. The lowest BCUT2D eigenvalue weighted by atomic mass is 9.72. The van der Waals surface area contributed by atoms with Gasteiger partial charge in [-0.15, -0.1) is 0 Å². The van der Waals surface area contributed by atoms with Crippen LogP contribution in [-0.2, 0) is 11.8 Å². The molecule has 2 N–H and O–H groups in total. The number of rotatable bonds is 0. The van der Waals surface area contributed by atoms with E-state index >= 15 is 0 Å². The average molecular weight is 216 g/mol. The van der Waals surface area contributed by atoms with Crippen LogP contribution < -0.4 is 4.90 Å². The molecule has 1 fully saturated rings. The summed E-state index contributed by atoms with van der Waals surface area (Å²) in [7, 11) is 2.24. The molecule has 1 saturated heterocycles. The van der Waals surface area contributed by atoms with E-state index in [0.29, 0.717) is 0 Å². The van der Waals surface area contributed by atoms with E-state index in [-0.39, 0.29) is 11.5 Å². The Morgan fingerprint density at radius 3 is 2.94 bits per heavy atom. The van der Waals surface area contributed by atoms with Gasteiger partial charge in [0.2, 0.25) is 0 Å². The van der Waals surface area contributed by atoms with Gasteiger partial charge in [-0.3, -0.25) is 0 Å². The predicted octanol–water partition coefficient (Wildman–Crippen LogP) is -0.250. The molecule has 0 aromatic heterocycles. The summed E-state index contributed by atoms with van der Waals surface area (Å²) in [6.45, 7) is 2.32. The molecule has 1 heterocycles. The summed E-state index contributed by atoms with van der Waals surface area (Å²) in [6.07, 6.45) is 2.77. The number of hydrogen-bond acceptors (Lipinski definition) is 1. The molecular formula is C14H18NO+. The molecule has 1 aromatic carbocycles. The van der Waals surface area contributed by atoms with Gasteiger partial charge in [-0.25, -0.2) is 0 Å². The fourth-order valence-electron chi connectivity index (χ4n) is 3.34. The van der Waals surface area contributed by atoms with E-state index in [0.717, 1.165) is 32.4 Å². The van der Waals surface area contributed by atoms with E-state index in [1.54, 1.807) is 4.90 Å². The number of nitrogens with one attached hydrogen (secondary N) is 1. The van der Waals surface area contributed by atoms with Crippen molar-refractivity contribution in [3.05, 3.63) is 35.4 Å². The first kappa shape index (κ1) is 10.1. The third-order valence-electron chi connectivity index (χ3n) is 4.45. The van der Waals surface area contributed by atoms with Gasteiger partial charge in [0.05, 0.1) is 26.2 Å². The summed E-state index contributed by atoms with van der Waals surface area (Å²) < 4.78 is 0. The summed E-state index contributed by atoms with van der Waals surface area (Å²) in [5.74, 6) is 0. The first-order chi connectivity index (χ1) is 7.72. The van der Waals surface area contributed by atoms with E-state index in [2.05, 4.69) is 25.2 Å². The summed E-state index contributed by atoms with van der Waals surface area (Å²) in [4.78, 5) is 1.58. The number of quaternary nitrogens is 1. The van der Waals surface area contributed by atoms with Crippen molar-refractivity contribution in [2.45, 2.75) is 30.8 Å². The van der Waals surface area contributed by atoms with Gasteiger partial charge in [-0.2, -0.15) is 0 Å². The van der Waals surface area contributed by atoms with Crippen molar-refractivity contribution in [3.8, 4) is 0 Å². The SMILES string of the molecule is C[NH+]1CCC2(CC1)c1ccc#cc1C[C@H]2O. The average Bonchev–Trinajstić information content (AvgIpc) is 2.57. The number of hydrogen-bond donors (Lipinski definition) is 2. The number of aliphatic hydroxyl groups excluding tert-OH is 1. The van der Waals surface area contributed by atoms with Gasteiger partial charge >= 0.3 is 0 Å². The Hall–Kier alpha value is -1.04. The van der Waals surface area contributed by atoms with Crippen LogP contribution in [0.3, 0.4) is 0 Å². The van der Waals surface area contributed by atoms with Gasteiger partial charge in [0.1, 0.15) is 0 Å². The lowest BCUT2D eigenvalue weighted by molar-refractivity contribution is -0.886. The molecular weight excluding hydrogens is 198 g/mol. The van der Waals surface area contributed by atoms with Crippen LogP contribution in [0, 0.1) is 12.1 Å². The van der Waals surface area contributed by atoms with E-state index in [4.69, 9.17) is 0 Å². The van der Waals surface area contributed by atoms with Crippen molar-refractivity contribution in [1.82, 2.24) is 0 Å². The van der Waals surface area contributed by atoms with Crippen molar-refractivity contribution in [2.24, 2.45) is 0 Å². The minimum Gasteiger partial charge on any atom is -0.392 e. The zero-order valence-corrected chi connectivity index (χ0v) is 9.71. The zero-order chi connectivity index (χ0) is 11.2. The quantitative estimate of drug-likeness (QED) is 0.614. The predicted molar refractivity (Wildman–Crippen MR) is 61.4 cm³/mol. The first-order valence-electron chi connectivity index (χ1n) is 6.13. The molecule has 0 bridgehead atoms. The van der Waals surface area contributed by atoms with Crippen molar-refractivity contribution >= 4 is 0 Å². The Morgan fingerprint density at radius 1 is 1.44 bits per heavy atom. The van der Waals surface area contributed by atoms with Gasteiger partial charge in [-0.05, 0) is 17.7 Å². The van der Waals surface area contributed by atoms with Gasteiger partial charge in [0, 0.05) is 30.2 Å². The van der Waals surface area contributed by atoms with Crippen molar-refractivity contribution < 1.29 is 10.0 Å². The molecule has 1 aromatic rings. The molecule has 1 aliphatic carbocycles. The Bertz CT molecular complexity index is 393. The van der Waals surface area contributed by atoms with Crippen LogP contribution in [0.5, 0.6) is 0 Å². The maximum atomic E-state index is 10.4. The molecule has 1 aliphatic heterocycles. The zero-order valence-electron chi connectivity index (χ0n) is 9.71. The largest absolute Gasteiger partial charge is 0.392 e. The normalized spacial score (nSPS) is 37.1. The van der Waals surface area contributed by atoms with Crippen molar-refractivity contribution in [1.29, 1.82) is 0 Å². The van der Waals surface area contributed by atoms with Crippen molar-refractivity contribution in [3.63, 3.8) is 0 Å². The van der Waals surface area contributed by atoms with Crippen LogP contribution in [0.2, 0.25) is 0 Å². The molecule has 0 unspecified atom stereocenters. The van der Waals surface area contributed by atoms with E-state index in [9.17, 15) is 5.11 Å². The first-order valence-corrected chi connectivity index (χ1v) is 6.13. The number of fused-ring (bicyclic) bond motifs is 2. The molecule has 3 rings (SSSR count). The second kappa shape index (κ2) is 3.48. The molecule has 0 saturated carbocycles. The molecule has 1 atom stereocenters. The van der Waals surface area contributed by atoms with E-state index < -0.39 is 0 Å². The molecule has 2 aliphatic rings. The smallest absolute Gasteiger partial charge is 0.0778 e. The number of aliphatic hydroxyl groups is 1. The van der Waals surface area contributed by atoms with Crippen LogP contribution in [-0.4, -0.2) is 31.3 Å². The Balaban J connectivity index is 2.01. The fraction of sp³-hybridized carbons (Fsp3) is 0.571. The summed E-state index contributed by atoms with van der Waals surface area (Å²) in [5.41, 5.74) is 2.56. The monoisotopic (exact) mass is 216 g/mol. The minimum absolute atomic E-state index is 0.0282. The van der Waals surface area contributed by atoms with Gasteiger partial charge < -0.3 is 10.0 Å². The molecule has 16 heavy (non-hydrogen) atoms. The van der Waals surface area contributed by atoms with Crippen LogP contribution in [0.15, 0.2) is 12.1 Å². The highest BCUT2D eigenvalue weighted by atomic mass is 16.3. The topological polar surface area (TPSA) is 24.7 Å². The van der Waals surface area contributed by atoms with Crippen molar-refractivity contribution in [2.75, 3.05) is 20.1 Å². The van der Waals surface area contributed by atoms with Gasteiger partial charge in [0.15, 0.2) is 0 Å². The number of likely N-dealkylation sites (tertiary alicyclic amines) is 1. The highest BCUT2D eigenvalue weighted by Gasteiger charge is 2.48. The molecule has 2 heteroatoms. The second-order valence-electron chi connectivity index (χ2n) is 5.33. The van der Waals surface area contributed by atoms with Gasteiger partial charge in [-0.1, -0.05) is 12.1 Å². The molecule has 0 amide bonds. The van der Waals surface area contributed by atoms with Crippen LogP contribution in [0.4, 0.5) is 0 Å². The highest BCUT2D eigenvalue weighted by Crippen LogP contribution is 2.43. The third kappa shape index (κ3) is 1.29.